The second-order valence-corrected chi connectivity index (χ2v) is 4.28. The van der Waals surface area contributed by atoms with E-state index >= 15 is 0 Å². The average Bonchev–Trinajstić information content (AvgIpc) is 2.80. The van der Waals surface area contributed by atoms with Crippen LogP contribution in [0.3, 0.4) is 0 Å². The molecule has 0 aliphatic carbocycles. The molecule has 88 valence electrons. The first-order chi connectivity index (χ1) is 7.79. The topological polar surface area (TPSA) is 57.4 Å². The third-order valence-electron chi connectivity index (χ3n) is 2.58. The fourth-order valence-electron chi connectivity index (χ4n) is 1.59. The van der Waals surface area contributed by atoms with Gasteiger partial charge < -0.3 is 15.2 Å². The Labute approximate surface area is 99.7 Å². The first-order valence-electron chi connectivity index (χ1n) is 5.34. The van der Waals surface area contributed by atoms with Crippen LogP contribution >= 0.6 is 11.6 Å². The molecule has 1 saturated heterocycles. The molecule has 1 aromatic rings. The first-order valence-corrected chi connectivity index (χ1v) is 5.72. The lowest BCUT2D eigenvalue weighted by Gasteiger charge is -2.10. The van der Waals surface area contributed by atoms with Gasteiger partial charge in [0.2, 0.25) is 5.88 Å². The Kier molecular flexibility index (Phi) is 3.98. The number of pyridine rings is 1. The van der Waals surface area contributed by atoms with Crippen LogP contribution in [0.4, 0.5) is 0 Å². The van der Waals surface area contributed by atoms with Gasteiger partial charge in [-0.05, 0) is 18.1 Å². The molecule has 4 nitrogen and oxygen atoms in total. The molecule has 1 fully saturated rings. The Balaban J connectivity index is 1.93. The van der Waals surface area contributed by atoms with Crippen molar-refractivity contribution in [1.29, 1.82) is 0 Å². The maximum absolute atomic E-state index is 6.02. The summed E-state index contributed by atoms with van der Waals surface area (Å²) in [7, 11) is 0. The minimum absolute atomic E-state index is 0.434. The summed E-state index contributed by atoms with van der Waals surface area (Å²) in [6.45, 7) is 2.62. The van der Waals surface area contributed by atoms with Crippen LogP contribution in [0.2, 0.25) is 5.02 Å². The third kappa shape index (κ3) is 2.84. The van der Waals surface area contributed by atoms with Gasteiger partial charge in [-0.25, -0.2) is 4.98 Å². The minimum atomic E-state index is 0.434. The summed E-state index contributed by atoms with van der Waals surface area (Å²) in [5.41, 5.74) is 6.39. The van der Waals surface area contributed by atoms with E-state index in [-0.39, 0.29) is 0 Å². The number of hydrogen-bond acceptors (Lipinski definition) is 4. The molecule has 1 unspecified atom stereocenters. The van der Waals surface area contributed by atoms with Crippen LogP contribution in [-0.2, 0) is 11.3 Å². The van der Waals surface area contributed by atoms with E-state index in [9.17, 15) is 0 Å². The third-order valence-corrected chi connectivity index (χ3v) is 2.85. The van der Waals surface area contributed by atoms with E-state index in [4.69, 9.17) is 26.8 Å². The van der Waals surface area contributed by atoms with E-state index in [2.05, 4.69) is 4.98 Å². The van der Waals surface area contributed by atoms with E-state index in [0.717, 1.165) is 25.2 Å². The van der Waals surface area contributed by atoms with Crippen molar-refractivity contribution in [1.82, 2.24) is 4.98 Å². The van der Waals surface area contributed by atoms with E-state index in [0.29, 0.717) is 30.0 Å². The molecular weight excluding hydrogens is 228 g/mol. The van der Waals surface area contributed by atoms with Gasteiger partial charge in [0.1, 0.15) is 5.02 Å². The van der Waals surface area contributed by atoms with Gasteiger partial charge in [0.25, 0.3) is 0 Å². The molecule has 5 heteroatoms. The van der Waals surface area contributed by atoms with Crippen molar-refractivity contribution in [3.8, 4) is 5.88 Å². The number of rotatable bonds is 4. The Morgan fingerprint density at radius 2 is 2.50 bits per heavy atom. The lowest BCUT2D eigenvalue weighted by Crippen LogP contribution is -2.12. The summed E-state index contributed by atoms with van der Waals surface area (Å²) in [6.07, 6.45) is 2.73. The largest absolute Gasteiger partial charge is 0.476 e. The maximum Gasteiger partial charge on any atom is 0.232 e. The predicted molar refractivity (Wildman–Crippen MR) is 61.6 cm³/mol. The molecule has 0 bridgehead atoms. The van der Waals surface area contributed by atoms with Crippen LogP contribution in [0.5, 0.6) is 5.88 Å². The summed E-state index contributed by atoms with van der Waals surface area (Å²) in [4.78, 5) is 4.14. The van der Waals surface area contributed by atoms with Crippen molar-refractivity contribution in [2.45, 2.75) is 13.0 Å². The Bertz CT molecular complexity index is 354. The summed E-state index contributed by atoms with van der Waals surface area (Å²) in [6, 6.07) is 1.79. The monoisotopic (exact) mass is 242 g/mol. The molecule has 0 amide bonds. The first kappa shape index (κ1) is 11.6. The van der Waals surface area contributed by atoms with Gasteiger partial charge in [-0.1, -0.05) is 11.6 Å². The van der Waals surface area contributed by atoms with Crippen molar-refractivity contribution in [2.24, 2.45) is 11.7 Å². The van der Waals surface area contributed by atoms with Crippen LogP contribution in [0, 0.1) is 5.92 Å². The van der Waals surface area contributed by atoms with Gasteiger partial charge in [0.05, 0.1) is 13.2 Å². The zero-order valence-electron chi connectivity index (χ0n) is 8.99. The quantitative estimate of drug-likeness (QED) is 0.872. The molecule has 0 radical (unpaired) electrons. The van der Waals surface area contributed by atoms with Crippen molar-refractivity contribution in [3.05, 3.63) is 22.8 Å². The number of nitrogens with two attached hydrogens (primary N) is 1. The number of nitrogens with zero attached hydrogens (tertiary/aromatic N) is 1. The van der Waals surface area contributed by atoms with E-state index in [1.807, 2.05) is 0 Å². The summed E-state index contributed by atoms with van der Waals surface area (Å²) >= 11 is 6.02. The molecule has 1 atom stereocenters. The molecule has 2 rings (SSSR count). The van der Waals surface area contributed by atoms with Gasteiger partial charge in [-0.3, -0.25) is 0 Å². The number of hydrogen-bond donors (Lipinski definition) is 1. The number of ether oxygens (including phenoxy) is 2. The molecule has 0 saturated carbocycles. The maximum atomic E-state index is 6.02. The molecule has 0 spiro atoms. The highest BCUT2D eigenvalue weighted by atomic mass is 35.5. The zero-order chi connectivity index (χ0) is 11.4. The Hall–Kier alpha value is -0.840. The number of halogens is 1. The summed E-state index contributed by atoms with van der Waals surface area (Å²) in [5.74, 6) is 0.929. The molecule has 1 aliphatic heterocycles. The molecule has 1 aliphatic rings. The predicted octanol–water partition coefficient (Wildman–Crippen LogP) is 1.61. The normalized spacial score (nSPS) is 20.0. The van der Waals surface area contributed by atoms with Gasteiger partial charge in [-0.15, -0.1) is 0 Å². The second-order valence-electron chi connectivity index (χ2n) is 3.88. The van der Waals surface area contributed by atoms with Gasteiger partial charge >= 0.3 is 0 Å². The molecule has 16 heavy (non-hydrogen) atoms. The van der Waals surface area contributed by atoms with Gasteiger partial charge in [-0.2, -0.15) is 0 Å². The Morgan fingerprint density at radius 3 is 3.12 bits per heavy atom. The standard InChI is InChI=1S/C11H15ClN2O2/c12-10-3-9(4-13)5-14-11(10)16-7-8-1-2-15-6-8/h3,5,8H,1-2,4,6-7,13H2. The Morgan fingerprint density at radius 1 is 1.62 bits per heavy atom. The van der Waals surface area contributed by atoms with E-state index in [1.54, 1.807) is 12.3 Å². The molecule has 0 aromatic carbocycles. The van der Waals surface area contributed by atoms with E-state index in [1.165, 1.54) is 0 Å². The SMILES string of the molecule is NCc1cnc(OCC2CCOC2)c(Cl)c1. The molecule has 2 heterocycles. The van der Waals surface area contributed by atoms with Crippen LogP contribution in [0.25, 0.3) is 0 Å². The molecular formula is C11H15ClN2O2. The molecule has 1 aromatic heterocycles. The summed E-state index contributed by atoms with van der Waals surface area (Å²) < 4.78 is 10.8. The fraction of sp³-hybridized carbons (Fsp3) is 0.545. The van der Waals surface area contributed by atoms with Gasteiger partial charge in [0.15, 0.2) is 0 Å². The smallest absolute Gasteiger partial charge is 0.232 e. The number of aromatic nitrogens is 1. The van der Waals surface area contributed by atoms with Crippen molar-refractivity contribution >= 4 is 11.6 Å². The van der Waals surface area contributed by atoms with Crippen molar-refractivity contribution < 1.29 is 9.47 Å². The van der Waals surface area contributed by atoms with Gasteiger partial charge in [0, 0.05) is 25.3 Å². The van der Waals surface area contributed by atoms with Crippen LogP contribution < -0.4 is 10.5 Å². The average molecular weight is 243 g/mol. The lowest BCUT2D eigenvalue weighted by atomic mass is 10.1. The highest BCUT2D eigenvalue weighted by molar-refractivity contribution is 6.31. The fourth-order valence-corrected chi connectivity index (χ4v) is 1.84. The van der Waals surface area contributed by atoms with Crippen molar-refractivity contribution in [2.75, 3.05) is 19.8 Å². The minimum Gasteiger partial charge on any atom is -0.476 e. The van der Waals surface area contributed by atoms with Crippen LogP contribution in [0.15, 0.2) is 12.3 Å². The van der Waals surface area contributed by atoms with Crippen LogP contribution in [0.1, 0.15) is 12.0 Å². The zero-order valence-corrected chi connectivity index (χ0v) is 9.74. The van der Waals surface area contributed by atoms with Crippen molar-refractivity contribution in [3.63, 3.8) is 0 Å². The highest BCUT2D eigenvalue weighted by Crippen LogP contribution is 2.23. The van der Waals surface area contributed by atoms with E-state index < -0.39 is 0 Å². The molecule has 2 N–H and O–H groups in total. The lowest BCUT2D eigenvalue weighted by molar-refractivity contribution is 0.165. The highest BCUT2D eigenvalue weighted by Gasteiger charge is 2.17. The van der Waals surface area contributed by atoms with Crippen LogP contribution in [-0.4, -0.2) is 24.8 Å². The summed E-state index contributed by atoms with van der Waals surface area (Å²) in [5, 5.41) is 0.516. The second kappa shape index (κ2) is 5.48.